The average Bonchev–Trinajstić information content (AvgIpc) is 2.91. The zero-order valence-corrected chi connectivity index (χ0v) is 16.5. The maximum Gasteiger partial charge on any atom is 0.341 e. The zero-order chi connectivity index (χ0) is 19.8. The number of benzene rings is 1. The van der Waals surface area contributed by atoms with Crippen LogP contribution in [-0.2, 0) is 27.7 Å². The van der Waals surface area contributed by atoms with Crippen LogP contribution in [0, 0.1) is 0 Å². The Morgan fingerprint density at radius 2 is 2.11 bits per heavy atom. The van der Waals surface area contributed by atoms with Gasteiger partial charge in [0, 0.05) is 18.2 Å². The summed E-state index contributed by atoms with van der Waals surface area (Å²) in [4.78, 5) is 12.5. The van der Waals surface area contributed by atoms with Gasteiger partial charge < -0.3 is 14.2 Å². The van der Waals surface area contributed by atoms with Crippen molar-refractivity contribution in [3.63, 3.8) is 0 Å². The maximum atomic E-state index is 12.5. The van der Waals surface area contributed by atoms with Gasteiger partial charge in [0.25, 0.3) is 0 Å². The van der Waals surface area contributed by atoms with Crippen LogP contribution in [0.5, 0.6) is 5.75 Å². The molecule has 0 saturated carbocycles. The van der Waals surface area contributed by atoms with E-state index in [-0.39, 0.29) is 0 Å². The number of aromatic nitrogens is 2. The highest BCUT2D eigenvalue weighted by Crippen LogP contribution is 2.35. The van der Waals surface area contributed by atoms with Gasteiger partial charge in [0.2, 0.25) is 0 Å². The van der Waals surface area contributed by atoms with Crippen LogP contribution in [0.4, 0.5) is 0 Å². The highest BCUT2D eigenvalue weighted by Gasteiger charge is 2.34. The Kier molecular flexibility index (Phi) is 5.33. The second kappa shape index (κ2) is 7.39. The van der Waals surface area contributed by atoms with Gasteiger partial charge in [-0.3, -0.25) is 4.68 Å². The average molecular weight is 368 g/mol. The molecular formula is C20H25BN2O4. The molecule has 1 aliphatic heterocycles. The summed E-state index contributed by atoms with van der Waals surface area (Å²) in [6, 6.07) is 5.93. The summed E-state index contributed by atoms with van der Waals surface area (Å²) >= 11 is 0. The lowest BCUT2D eigenvalue weighted by Gasteiger charge is -2.27. The quantitative estimate of drug-likeness (QED) is 0.612. The third kappa shape index (κ3) is 4.03. The third-order valence-corrected chi connectivity index (χ3v) is 4.45. The molecular weight excluding hydrogens is 343 g/mol. The van der Waals surface area contributed by atoms with E-state index in [9.17, 15) is 4.79 Å². The van der Waals surface area contributed by atoms with E-state index in [0.717, 1.165) is 36.3 Å². The number of rotatable bonds is 4. The number of fused-ring (bicyclic) bond motifs is 1. The second-order valence-electron chi connectivity index (χ2n) is 7.68. The summed E-state index contributed by atoms with van der Waals surface area (Å²) in [6.45, 7) is 6.40. The van der Waals surface area contributed by atoms with E-state index < -0.39 is 17.7 Å². The van der Waals surface area contributed by atoms with Crippen LogP contribution >= 0.6 is 0 Å². The second-order valence-corrected chi connectivity index (χ2v) is 7.68. The van der Waals surface area contributed by atoms with Gasteiger partial charge in [0.05, 0.1) is 25.0 Å². The SMILES string of the molecule is [B]c1nn(C)c(C(OC(C)(C)C)C(=O)OC)c1-c1ccc2c(c1)CCCO2. The van der Waals surface area contributed by atoms with Crippen molar-refractivity contribution in [1.29, 1.82) is 0 Å². The molecule has 6 nitrogen and oxygen atoms in total. The normalized spacial score (nSPS) is 15.0. The van der Waals surface area contributed by atoms with Crippen molar-refractivity contribution >= 4 is 19.4 Å². The number of carbonyl (C=O) groups is 1. The van der Waals surface area contributed by atoms with Crippen LogP contribution in [0.2, 0.25) is 0 Å². The summed E-state index contributed by atoms with van der Waals surface area (Å²) < 4.78 is 18.3. The molecule has 1 aromatic heterocycles. The van der Waals surface area contributed by atoms with Crippen molar-refractivity contribution in [1.82, 2.24) is 9.78 Å². The van der Waals surface area contributed by atoms with Crippen LogP contribution in [-0.4, -0.2) is 42.9 Å². The monoisotopic (exact) mass is 368 g/mol. The third-order valence-electron chi connectivity index (χ3n) is 4.45. The Morgan fingerprint density at radius 3 is 2.78 bits per heavy atom. The van der Waals surface area contributed by atoms with E-state index in [1.165, 1.54) is 7.11 Å². The largest absolute Gasteiger partial charge is 0.493 e. The highest BCUT2D eigenvalue weighted by atomic mass is 16.6. The first-order valence-corrected chi connectivity index (χ1v) is 9.05. The van der Waals surface area contributed by atoms with Gasteiger partial charge >= 0.3 is 5.97 Å². The molecule has 0 fully saturated rings. The van der Waals surface area contributed by atoms with Gasteiger partial charge in [-0.05, 0) is 56.9 Å². The predicted molar refractivity (Wildman–Crippen MR) is 103 cm³/mol. The molecule has 27 heavy (non-hydrogen) atoms. The van der Waals surface area contributed by atoms with Crippen molar-refractivity contribution in [2.45, 2.75) is 45.3 Å². The van der Waals surface area contributed by atoms with Crippen LogP contribution in [0.15, 0.2) is 18.2 Å². The minimum absolute atomic E-state index is 0.343. The van der Waals surface area contributed by atoms with Gasteiger partial charge in [0.1, 0.15) is 13.6 Å². The molecule has 1 aromatic carbocycles. The van der Waals surface area contributed by atoms with Crippen LogP contribution < -0.4 is 10.3 Å². The number of esters is 1. The first kappa shape index (κ1) is 19.5. The minimum atomic E-state index is -0.938. The fourth-order valence-corrected chi connectivity index (χ4v) is 3.35. The molecule has 7 heteroatoms. The fourth-order valence-electron chi connectivity index (χ4n) is 3.35. The maximum absolute atomic E-state index is 12.5. The molecule has 0 saturated heterocycles. The van der Waals surface area contributed by atoms with E-state index in [1.54, 1.807) is 11.7 Å². The van der Waals surface area contributed by atoms with Crippen LogP contribution in [0.1, 0.15) is 44.6 Å². The summed E-state index contributed by atoms with van der Waals surface area (Å²) in [7, 11) is 9.32. The van der Waals surface area contributed by atoms with Gasteiger partial charge in [-0.15, -0.1) is 0 Å². The fraction of sp³-hybridized carbons (Fsp3) is 0.500. The molecule has 0 aliphatic carbocycles. The zero-order valence-electron chi connectivity index (χ0n) is 16.5. The number of hydrogen-bond donors (Lipinski definition) is 0. The lowest BCUT2D eigenvalue weighted by Crippen LogP contribution is -2.30. The topological polar surface area (TPSA) is 62.6 Å². The van der Waals surface area contributed by atoms with E-state index >= 15 is 0 Å². The smallest absolute Gasteiger partial charge is 0.341 e. The summed E-state index contributed by atoms with van der Waals surface area (Å²) in [5, 5.41) is 4.34. The van der Waals surface area contributed by atoms with Gasteiger partial charge in [-0.1, -0.05) is 6.07 Å². The number of hydrogen-bond acceptors (Lipinski definition) is 5. The Labute approximate surface area is 161 Å². The molecule has 3 rings (SSSR count). The number of nitrogens with zero attached hydrogens (tertiary/aromatic N) is 2. The predicted octanol–water partition coefficient (Wildman–Crippen LogP) is 2.24. The molecule has 0 amide bonds. The lowest BCUT2D eigenvalue weighted by atomic mass is 9.89. The Bertz CT molecular complexity index is 854. The summed E-state index contributed by atoms with van der Waals surface area (Å²) in [5.74, 6) is 0.403. The van der Waals surface area contributed by atoms with Gasteiger partial charge in [0.15, 0.2) is 6.10 Å². The number of ether oxygens (including phenoxy) is 3. The Hall–Kier alpha value is -2.28. The molecule has 2 heterocycles. The highest BCUT2D eigenvalue weighted by molar-refractivity contribution is 6.34. The summed E-state index contributed by atoms with van der Waals surface area (Å²) in [6.07, 6.45) is 0.980. The molecule has 2 radical (unpaired) electrons. The van der Waals surface area contributed by atoms with E-state index in [2.05, 4.69) is 11.2 Å². The van der Waals surface area contributed by atoms with Gasteiger partial charge in [-0.25, -0.2) is 4.79 Å². The molecule has 0 bridgehead atoms. The molecule has 0 N–H and O–H groups in total. The van der Waals surface area contributed by atoms with Crippen molar-refractivity contribution in [2.24, 2.45) is 7.05 Å². The minimum Gasteiger partial charge on any atom is -0.493 e. The van der Waals surface area contributed by atoms with Crippen LogP contribution in [0.3, 0.4) is 0 Å². The molecule has 1 atom stereocenters. The molecule has 142 valence electrons. The lowest BCUT2D eigenvalue weighted by molar-refractivity contribution is -0.165. The molecule has 2 aromatic rings. The van der Waals surface area contributed by atoms with Crippen LogP contribution in [0.25, 0.3) is 11.1 Å². The van der Waals surface area contributed by atoms with Gasteiger partial charge in [-0.2, -0.15) is 5.10 Å². The number of aryl methyl sites for hydroxylation is 2. The van der Waals surface area contributed by atoms with E-state index in [1.807, 2.05) is 32.9 Å². The van der Waals surface area contributed by atoms with Crippen molar-refractivity contribution in [3.05, 3.63) is 29.5 Å². The molecule has 0 spiro atoms. The first-order valence-electron chi connectivity index (χ1n) is 9.05. The standard InChI is InChI=1S/C20H25BN2O4/c1-20(2,3)27-17(19(24)25-5)16-15(18(21)22-23(16)4)13-8-9-14-12(11-13)7-6-10-26-14/h8-9,11,17H,6-7,10H2,1-5H3. The summed E-state index contributed by atoms with van der Waals surface area (Å²) in [5.41, 5.74) is 3.05. The van der Waals surface area contributed by atoms with Crippen molar-refractivity contribution in [2.75, 3.05) is 13.7 Å². The molecule has 1 unspecified atom stereocenters. The van der Waals surface area contributed by atoms with E-state index in [0.29, 0.717) is 16.9 Å². The Morgan fingerprint density at radius 1 is 1.37 bits per heavy atom. The van der Waals surface area contributed by atoms with Crippen molar-refractivity contribution < 1.29 is 19.0 Å². The number of carbonyl (C=O) groups excluding carboxylic acids is 1. The Balaban J connectivity index is 2.13. The molecule has 1 aliphatic rings. The van der Waals surface area contributed by atoms with Crippen molar-refractivity contribution in [3.8, 4) is 16.9 Å². The van der Waals surface area contributed by atoms with E-state index in [4.69, 9.17) is 22.1 Å². The number of methoxy groups -OCH3 is 1. The first-order chi connectivity index (χ1) is 12.7.